The number of aromatic nitrogens is 2. The average molecular weight is 572 g/mol. The van der Waals surface area contributed by atoms with Crippen LogP contribution in [0.4, 0.5) is 13.2 Å². The van der Waals surface area contributed by atoms with Gasteiger partial charge in [-0.2, -0.15) is 13.2 Å². The topological polar surface area (TPSA) is 81.6 Å². The fourth-order valence-corrected chi connectivity index (χ4v) is 6.03. The molecule has 2 saturated heterocycles. The molecular formula is C29H28F3N3O4S. The first-order chi connectivity index (χ1) is 19.2. The van der Waals surface area contributed by atoms with Crippen LogP contribution in [0, 0.1) is 0 Å². The normalized spacial score (nSPS) is 20.3. The molecule has 2 aliphatic rings. The Labute approximate surface area is 234 Å². The molecule has 1 aromatic heterocycles. The number of hydrogen-bond donors (Lipinski definition) is 0. The summed E-state index contributed by atoms with van der Waals surface area (Å²) in [5, 5.41) is 0.0478. The van der Waals surface area contributed by atoms with Crippen molar-refractivity contribution in [2.45, 2.75) is 67.9 Å². The highest BCUT2D eigenvalue weighted by molar-refractivity contribution is 7.98. The Kier molecular flexibility index (Phi) is 8.30. The number of alkyl halides is 3. The van der Waals surface area contributed by atoms with E-state index in [1.54, 1.807) is 43.3 Å². The van der Waals surface area contributed by atoms with Gasteiger partial charge in [-0.25, -0.2) is 14.8 Å². The van der Waals surface area contributed by atoms with E-state index in [0.29, 0.717) is 29.2 Å². The van der Waals surface area contributed by atoms with Crippen molar-refractivity contribution >= 4 is 23.6 Å². The lowest BCUT2D eigenvalue weighted by molar-refractivity contribution is -0.141. The van der Waals surface area contributed by atoms with Gasteiger partial charge in [0.25, 0.3) is 5.91 Å². The van der Waals surface area contributed by atoms with Crippen LogP contribution in [0.25, 0.3) is 0 Å². The molecule has 11 heteroatoms. The number of hydrogen-bond acceptors (Lipinski definition) is 7. The third-order valence-electron chi connectivity index (χ3n) is 7.09. The van der Waals surface area contributed by atoms with Gasteiger partial charge in [0.1, 0.15) is 17.5 Å². The fourth-order valence-electron chi connectivity index (χ4n) is 5.24. The molecule has 5 rings (SSSR count). The Balaban J connectivity index is 1.16. The van der Waals surface area contributed by atoms with Gasteiger partial charge < -0.3 is 14.4 Å². The molecule has 2 atom stereocenters. The predicted octanol–water partition coefficient (Wildman–Crippen LogP) is 6.18. The summed E-state index contributed by atoms with van der Waals surface area (Å²) in [6.07, 6.45) is -0.136. The van der Waals surface area contributed by atoms with Crippen molar-refractivity contribution in [3.63, 3.8) is 0 Å². The molecule has 210 valence electrons. The number of benzene rings is 2. The lowest BCUT2D eigenvalue weighted by Gasteiger charge is -2.39. The molecule has 2 fully saturated rings. The summed E-state index contributed by atoms with van der Waals surface area (Å²) < 4.78 is 49.9. The number of piperidine rings is 1. The third kappa shape index (κ3) is 6.41. The summed E-state index contributed by atoms with van der Waals surface area (Å²) in [6, 6.07) is 15.1. The first-order valence-electron chi connectivity index (χ1n) is 13.1. The third-order valence-corrected chi connectivity index (χ3v) is 8.02. The molecule has 0 saturated carbocycles. The Bertz CT molecular complexity index is 1340. The van der Waals surface area contributed by atoms with Gasteiger partial charge >= 0.3 is 12.1 Å². The first kappa shape index (κ1) is 27.9. The number of carbonyl (C=O) groups is 2. The van der Waals surface area contributed by atoms with Crippen molar-refractivity contribution in [2.24, 2.45) is 0 Å². The van der Waals surface area contributed by atoms with Gasteiger partial charge in [-0.3, -0.25) is 4.79 Å². The molecule has 7 nitrogen and oxygen atoms in total. The fraction of sp³-hybridized carbons (Fsp3) is 0.379. The molecule has 40 heavy (non-hydrogen) atoms. The zero-order valence-electron chi connectivity index (χ0n) is 21.8. The van der Waals surface area contributed by atoms with Gasteiger partial charge in [-0.1, -0.05) is 23.9 Å². The van der Waals surface area contributed by atoms with Crippen molar-refractivity contribution in [2.75, 3.05) is 6.61 Å². The van der Waals surface area contributed by atoms with E-state index in [9.17, 15) is 22.8 Å². The van der Waals surface area contributed by atoms with Gasteiger partial charge in [0.05, 0.1) is 12.2 Å². The van der Waals surface area contributed by atoms with E-state index in [1.807, 2.05) is 17.0 Å². The van der Waals surface area contributed by atoms with E-state index in [2.05, 4.69) is 9.97 Å². The summed E-state index contributed by atoms with van der Waals surface area (Å²) in [4.78, 5) is 34.7. The number of amides is 1. The van der Waals surface area contributed by atoms with Gasteiger partial charge in [-0.15, -0.1) is 0 Å². The summed E-state index contributed by atoms with van der Waals surface area (Å²) in [6.45, 7) is 2.08. The Morgan fingerprint density at radius 1 is 0.975 bits per heavy atom. The highest BCUT2D eigenvalue weighted by Crippen LogP contribution is 2.38. The Morgan fingerprint density at radius 2 is 1.62 bits per heavy atom. The van der Waals surface area contributed by atoms with Crippen LogP contribution in [0.1, 0.15) is 64.6 Å². The van der Waals surface area contributed by atoms with E-state index >= 15 is 0 Å². The van der Waals surface area contributed by atoms with E-state index in [-0.39, 0.29) is 35.2 Å². The zero-order chi connectivity index (χ0) is 28.3. The van der Waals surface area contributed by atoms with Crippen molar-refractivity contribution in [1.82, 2.24) is 14.9 Å². The highest BCUT2D eigenvalue weighted by atomic mass is 32.2. The summed E-state index contributed by atoms with van der Waals surface area (Å²) >= 11 is 1.11. The maximum Gasteiger partial charge on any atom is 0.433 e. The molecule has 3 aromatic rings. The molecule has 0 N–H and O–H groups in total. The SMILES string of the molecule is CCOC(=O)c1ccc(OC2CC3CCC(C2)N3C(=O)c2ccc(CSc3nccc(C(F)(F)F)n3)cc2)cc1. The molecule has 0 radical (unpaired) electrons. The second-order valence-electron chi connectivity index (χ2n) is 9.76. The minimum absolute atomic E-state index is 0.0209. The van der Waals surface area contributed by atoms with E-state index in [1.165, 1.54) is 0 Å². The van der Waals surface area contributed by atoms with Gasteiger partial charge in [0, 0.05) is 42.4 Å². The maximum atomic E-state index is 13.4. The van der Waals surface area contributed by atoms with Crippen LogP contribution in [0.2, 0.25) is 0 Å². The number of ether oxygens (including phenoxy) is 2. The molecule has 3 heterocycles. The van der Waals surface area contributed by atoms with Crippen LogP contribution in [0.3, 0.4) is 0 Å². The number of halogens is 3. The number of rotatable bonds is 8. The molecule has 2 bridgehead atoms. The monoisotopic (exact) mass is 571 g/mol. The minimum atomic E-state index is -4.52. The highest BCUT2D eigenvalue weighted by Gasteiger charge is 2.44. The molecule has 2 unspecified atom stereocenters. The second kappa shape index (κ2) is 11.9. The second-order valence-corrected chi connectivity index (χ2v) is 10.7. The number of nitrogens with zero attached hydrogens (tertiary/aromatic N) is 3. The van der Waals surface area contributed by atoms with E-state index < -0.39 is 11.9 Å². The molecular weight excluding hydrogens is 543 g/mol. The van der Waals surface area contributed by atoms with E-state index in [4.69, 9.17) is 9.47 Å². The number of fused-ring (bicyclic) bond motifs is 2. The lowest BCUT2D eigenvalue weighted by atomic mass is 9.98. The maximum absolute atomic E-state index is 13.4. The van der Waals surface area contributed by atoms with Crippen molar-refractivity contribution in [3.8, 4) is 5.75 Å². The predicted molar refractivity (Wildman–Crippen MR) is 142 cm³/mol. The van der Waals surface area contributed by atoms with Crippen molar-refractivity contribution < 1.29 is 32.2 Å². The summed E-state index contributed by atoms with van der Waals surface area (Å²) in [5.74, 6) is 0.673. The van der Waals surface area contributed by atoms with Crippen LogP contribution in [0.5, 0.6) is 5.75 Å². The Morgan fingerprint density at radius 3 is 2.25 bits per heavy atom. The summed E-state index contributed by atoms with van der Waals surface area (Å²) in [5.41, 5.74) is 0.937. The first-order valence-corrected chi connectivity index (χ1v) is 14.1. The largest absolute Gasteiger partial charge is 0.490 e. The smallest absolute Gasteiger partial charge is 0.433 e. The van der Waals surface area contributed by atoms with Crippen LogP contribution < -0.4 is 4.74 Å². The van der Waals surface area contributed by atoms with Crippen LogP contribution >= 0.6 is 11.8 Å². The molecule has 0 aliphatic carbocycles. The molecule has 1 amide bonds. The quantitative estimate of drug-likeness (QED) is 0.181. The number of carbonyl (C=O) groups excluding carboxylic acids is 2. The van der Waals surface area contributed by atoms with Crippen LogP contribution in [-0.4, -0.2) is 51.5 Å². The molecule has 0 spiro atoms. The molecule has 2 aliphatic heterocycles. The van der Waals surface area contributed by atoms with E-state index in [0.717, 1.165) is 55.3 Å². The van der Waals surface area contributed by atoms with Crippen molar-refractivity contribution in [1.29, 1.82) is 0 Å². The van der Waals surface area contributed by atoms with Gasteiger partial charge in [0.15, 0.2) is 5.16 Å². The van der Waals surface area contributed by atoms with Crippen LogP contribution in [-0.2, 0) is 16.7 Å². The molecule has 2 aromatic carbocycles. The number of esters is 1. The number of thioether (sulfide) groups is 1. The zero-order valence-corrected chi connectivity index (χ0v) is 22.6. The summed E-state index contributed by atoms with van der Waals surface area (Å²) in [7, 11) is 0. The van der Waals surface area contributed by atoms with Crippen molar-refractivity contribution in [3.05, 3.63) is 83.2 Å². The van der Waals surface area contributed by atoms with Crippen LogP contribution in [0.15, 0.2) is 66.0 Å². The lowest BCUT2D eigenvalue weighted by Crippen LogP contribution is -2.49. The van der Waals surface area contributed by atoms with Gasteiger partial charge in [-0.05, 0) is 67.8 Å². The minimum Gasteiger partial charge on any atom is -0.490 e. The average Bonchev–Trinajstić information content (AvgIpc) is 3.22. The standard InChI is InChI=1S/C29H28F3N3O4S/c1-2-38-27(37)20-7-11-23(12-8-20)39-24-15-21-9-10-22(16-24)35(21)26(36)19-5-3-18(4-6-19)17-40-28-33-14-13-25(34-28)29(30,31)32/h3-8,11-14,21-22,24H,2,9-10,15-17H2,1H3. The Hall–Kier alpha value is -3.60. The van der Waals surface area contributed by atoms with Gasteiger partial charge in [0.2, 0.25) is 0 Å².